The van der Waals surface area contributed by atoms with Crippen LogP contribution in [0.5, 0.6) is 5.75 Å². The quantitative estimate of drug-likeness (QED) is 0.246. The fourth-order valence-electron chi connectivity index (χ4n) is 5.11. The Morgan fingerprint density at radius 3 is 2.07 bits per heavy atom. The third kappa shape index (κ3) is 10.7. The maximum Gasteiger partial charge on any atom is 0.415 e. The van der Waals surface area contributed by atoms with Gasteiger partial charge < -0.3 is 29.9 Å². The minimum Gasteiger partial charge on any atom is -0.480 e. The number of aliphatic carboxylic acids is 1. The van der Waals surface area contributed by atoms with Crippen LogP contribution in [-0.2, 0) is 21.1 Å². The van der Waals surface area contributed by atoms with Gasteiger partial charge in [0.05, 0.1) is 22.2 Å². The summed E-state index contributed by atoms with van der Waals surface area (Å²) >= 11 is 0. The second kappa shape index (κ2) is 16.6. The Morgan fingerprint density at radius 2 is 1.52 bits per heavy atom. The van der Waals surface area contributed by atoms with Gasteiger partial charge in [-0.25, -0.2) is 18.0 Å². The molecular weight excluding hydrogens is 556 g/mol. The summed E-state index contributed by atoms with van der Waals surface area (Å²) in [5.74, 6) is -0.693. The summed E-state index contributed by atoms with van der Waals surface area (Å²) in [5.41, 5.74) is 1.59. The number of carbonyl (C=O) groups excluding carboxylic acids is 1. The number of nitrogens with zero attached hydrogens (tertiary/aromatic N) is 3. The fourth-order valence-corrected chi connectivity index (χ4v) is 6.29. The first kappa shape index (κ1) is 33.5. The molecule has 1 aromatic rings. The molecule has 1 saturated heterocycles. The molecule has 10 nitrogen and oxygen atoms in total. The molecule has 1 fully saturated rings. The SMILES string of the molecule is CCCCCCN(CCCCCC)C1=CS(=O)(=O)C=C1N[C@@H](Cc1ccc(OC(=O)N2CCN(C)CC2)cc1)C(=O)O. The Bertz CT molecular complexity index is 1180. The Morgan fingerprint density at radius 1 is 0.929 bits per heavy atom. The third-order valence-electron chi connectivity index (χ3n) is 7.70. The smallest absolute Gasteiger partial charge is 0.415 e. The minimum absolute atomic E-state index is 0.125. The molecule has 0 saturated carbocycles. The molecule has 1 amide bonds. The predicted molar refractivity (Wildman–Crippen MR) is 165 cm³/mol. The van der Waals surface area contributed by atoms with Crippen molar-refractivity contribution in [3.8, 4) is 5.75 Å². The number of rotatable bonds is 17. The van der Waals surface area contributed by atoms with Crippen molar-refractivity contribution in [2.75, 3.05) is 46.3 Å². The Balaban J connectivity index is 1.67. The Hall–Kier alpha value is -3.05. The molecule has 11 heteroatoms. The monoisotopic (exact) mass is 604 g/mol. The molecule has 2 N–H and O–H groups in total. The number of carbonyl (C=O) groups is 2. The third-order valence-corrected chi connectivity index (χ3v) is 8.81. The Labute approximate surface area is 251 Å². The fraction of sp³-hybridized carbons (Fsp3) is 0.613. The molecule has 0 aromatic heterocycles. The van der Waals surface area contributed by atoms with Crippen LogP contribution in [0.1, 0.15) is 70.8 Å². The first-order chi connectivity index (χ1) is 20.1. The maximum atomic E-state index is 12.7. The van der Waals surface area contributed by atoms with E-state index in [1.54, 1.807) is 29.2 Å². The lowest BCUT2D eigenvalue weighted by molar-refractivity contribution is -0.139. The minimum atomic E-state index is -3.61. The highest BCUT2D eigenvalue weighted by molar-refractivity contribution is 7.97. The topological polar surface area (TPSA) is 119 Å². The van der Waals surface area contributed by atoms with Crippen LogP contribution < -0.4 is 10.1 Å². The average molecular weight is 605 g/mol. The normalized spacial score (nSPS) is 17.4. The maximum absolute atomic E-state index is 12.7. The zero-order valence-corrected chi connectivity index (χ0v) is 26.2. The van der Waals surface area contributed by atoms with E-state index in [2.05, 4.69) is 29.0 Å². The molecular formula is C31H48N4O6S. The van der Waals surface area contributed by atoms with Gasteiger partial charge in [-0.2, -0.15) is 0 Å². The number of amides is 1. The highest BCUT2D eigenvalue weighted by Gasteiger charge is 2.29. The largest absolute Gasteiger partial charge is 0.480 e. The second-order valence-corrected chi connectivity index (χ2v) is 12.9. The van der Waals surface area contributed by atoms with Crippen molar-refractivity contribution in [1.29, 1.82) is 0 Å². The van der Waals surface area contributed by atoms with E-state index in [9.17, 15) is 23.1 Å². The molecule has 234 valence electrons. The molecule has 1 atom stereocenters. The van der Waals surface area contributed by atoms with Crippen LogP contribution in [0.3, 0.4) is 0 Å². The molecule has 0 radical (unpaired) electrons. The summed E-state index contributed by atoms with van der Waals surface area (Å²) in [7, 11) is -1.60. The van der Waals surface area contributed by atoms with Crippen LogP contribution in [0.15, 0.2) is 46.5 Å². The van der Waals surface area contributed by atoms with Crippen molar-refractivity contribution in [3.63, 3.8) is 0 Å². The highest BCUT2D eigenvalue weighted by atomic mass is 32.2. The van der Waals surface area contributed by atoms with Crippen molar-refractivity contribution in [2.24, 2.45) is 0 Å². The van der Waals surface area contributed by atoms with Crippen molar-refractivity contribution < 1.29 is 27.9 Å². The molecule has 0 bridgehead atoms. The van der Waals surface area contributed by atoms with E-state index in [0.29, 0.717) is 30.2 Å². The predicted octanol–water partition coefficient (Wildman–Crippen LogP) is 4.59. The lowest BCUT2D eigenvalue weighted by atomic mass is 10.1. The zero-order valence-electron chi connectivity index (χ0n) is 25.4. The summed E-state index contributed by atoms with van der Waals surface area (Å²) < 4.78 is 30.8. The highest BCUT2D eigenvalue weighted by Crippen LogP contribution is 2.26. The van der Waals surface area contributed by atoms with Crippen LogP contribution in [-0.4, -0.2) is 92.6 Å². The number of nitrogens with one attached hydrogen (secondary N) is 1. The van der Waals surface area contributed by atoms with Gasteiger partial charge in [0.25, 0.3) is 0 Å². The van der Waals surface area contributed by atoms with Gasteiger partial charge in [0.1, 0.15) is 11.8 Å². The zero-order chi connectivity index (χ0) is 30.5. The van der Waals surface area contributed by atoms with E-state index in [4.69, 9.17) is 4.74 Å². The molecule has 1 aromatic carbocycles. The van der Waals surface area contributed by atoms with Crippen molar-refractivity contribution in [1.82, 2.24) is 20.0 Å². The molecule has 42 heavy (non-hydrogen) atoms. The number of piperazine rings is 1. The van der Waals surface area contributed by atoms with Crippen molar-refractivity contribution in [3.05, 3.63) is 52.0 Å². The van der Waals surface area contributed by atoms with Crippen LogP contribution in [0.25, 0.3) is 0 Å². The first-order valence-corrected chi connectivity index (χ1v) is 16.9. The summed E-state index contributed by atoms with van der Waals surface area (Å²) in [4.78, 5) is 30.7. The van der Waals surface area contributed by atoms with Crippen LogP contribution >= 0.6 is 0 Å². The summed E-state index contributed by atoms with van der Waals surface area (Å²) in [6.07, 6.45) is 8.21. The van der Waals surface area contributed by atoms with Gasteiger partial charge in [-0.15, -0.1) is 0 Å². The number of carboxylic acids is 1. The number of likely N-dealkylation sites (N-methyl/N-ethyl adjacent to an activating group) is 1. The number of unbranched alkanes of at least 4 members (excludes halogenated alkanes) is 6. The van der Waals surface area contributed by atoms with Gasteiger partial charge >= 0.3 is 12.1 Å². The molecule has 0 spiro atoms. The molecule has 2 aliphatic heterocycles. The van der Waals surface area contributed by atoms with Crippen LogP contribution in [0.4, 0.5) is 4.79 Å². The van der Waals surface area contributed by atoms with Crippen LogP contribution in [0.2, 0.25) is 0 Å². The number of carboxylic acid groups (broad SMARTS) is 1. The van der Waals surface area contributed by atoms with Gasteiger partial charge in [0, 0.05) is 45.7 Å². The average Bonchev–Trinajstić information content (AvgIpc) is 3.26. The van der Waals surface area contributed by atoms with E-state index in [1.807, 2.05) is 7.05 Å². The van der Waals surface area contributed by atoms with E-state index in [0.717, 1.165) is 88.5 Å². The summed E-state index contributed by atoms with van der Waals surface area (Å²) in [6, 6.07) is 5.72. The molecule has 3 rings (SSSR count). The standard InChI is InChI=1S/C31H48N4O6S/c1-4-6-8-10-16-34(17-11-9-7-5-2)29-24-42(39,40)23-28(29)32-27(30(36)37)22-25-12-14-26(15-13-25)41-31(38)35-20-18-33(3)19-21-35/h12-15,23-24,27,32H,4-11,16-22H2,1-3H3,(H,36,37)/t27-/m0/s1. The van der Waals surface area contributed by atoms with Crippen molar-refractivity contribution >= 4 is 21.9 Å². The number of ether oxygens (including phenoxy) is 1. The van der Waals surface area contributed by atoms with E-state index >= 15 is 0 Å². The van der Waals surface area contributed by atoms with Gasteiger partial charge in [-0.3, -0.25) is 0 Å². The summed E-state index contributed by atoms with van der Waals surface area (Å²) in [5, 5.41) is 15.5. The number of benzene rings is 1. The van der Waals surface area contributed by atoms with Gasteiger partial charge in [0.2, 0.25) is 0 Å². The lowest BCUT2D eigenvalue weighted by Crippen LogP contribution is -2.48. The lowest BCUT2D eigenvalue weighted by Gasteiger charge is -2.31. The first-order valence-electron chi connectivity index (χ1n) is 15.3. The van der Waals surface area contributed by atoms with E-state index in [1.165, 1.54) is 5.41 Å². The molecule has 0 unspecified atom stereocenters. The van der Waals surface area contributed by atoms with Gasteiger partial charge in [-0.1, -0.05) is 64.5 Å². The summed E-state index contributed by atoms with van der Waals surface area (Å²) in [6.45, 7) is 8.55. The second-order valence-electron chi connectivity index (χ2n) is 11.3. The van der Waals surface area contributed by atoms with E-state index < -0.39 is 27.9 Å². The number of hydrogen-bond acceptors (Lipinski definition) is 8. The van der Waals surface area contributed by atoms with E-state index in [-0.39, 0.29) is 6.42 Å². The van der Waals surface area contributed by atoms with Gasteiger partial charge in [0.15, 0.2) is 9.84 Å². The van der Waals surface area contributed by atoms with Crippen LogP contribution in [0, 0.1) is 0 Å². The number of sulfone groups is 1. The number of hydrogen-bond donors (Lipinski definition) is 2. The van der Waals surface area contributed by atoms with Crippen molar-refractivity contribution in [2.45, 2.75) is 77.7 Å². The molecule has 0 aliphatic carbocycles. The molecule has 2 aliphatic rings. The molecule has 2 heterocycles. The van der Waals surface area contributed by atoms with Gasteiger partial charge in [-0.05, 0) is 37.6 Å². The Kier molecular flexibility index (Phi) is 13.2.